The van der Waals surface area contributed by atoms with Crippen LogP contribution in [0.5, 0.6) is 0 Å². The molecule has 47 heavy (non-hydrogen) atoms. The highest BCUT2D eigenvalue weighted by Crippen LogP contribution is 2.48. The fourth-order valence-corrected chi connectivity index (χ4v) is 7.66. The molecule has 1 saturated carbocycles. The molecule has 0 unspecified atom stereocenters. The van der Waals surface area contributed by atoms with Gasteiger partial charge in [0.05, 0.1) is 11.4 Å². The van der Waals surface area contributed by atoms with Crippen LogP contribution in [0.3, 0.4) is 0 Å². The summed E-state index contributed by atoms with van der Waals surface area (Å²) in [6, 6.07) is 45.9. The van der Waals surface area contributed by atoms with Crippen LogP contribution in [0.25, 0.3) is 32.7 Å². The van der Waals surface area contributed by atoms with Crippen molar-refractivity contribution in [1.29, 1.82) is 0 Å². The first-order chi connectivity index (χ1) is 22.6. The molecular formula is C46H49N. The smallest absolute Gasteiger partial charge is 0.0540 e. The Labute approximate surface area is 282 Å². The fourth-order valence-electron chi connectivity index (χ4n) is 7.66. The quantitative estimate of drug-likeness (QED) is 0.186. The average Bonchev–Trinajstić information content (AvgIpc) is 3.08. The Morgan fingerprint density at radius 3 is 1.79 bits per heavy atom. The highest BCUT2D eigenvalue weighted by atomic mass is 15.1. The van der Waals surface area contributed by atoms with Crippen molar-refractivity contribution in [3.05, 3.63) is 138 Å². The molecule has 1 nitrogen and oxygen atoms in total. The van der Waals surface area contributed by atoms with E-state index < -0.39 is 0 Å². The third-order valence-electron chi connectivity index (χ3n) is 10.3. The number of hydrogen-bond donors (Lipinski definition) is 0. The standard InChI is InChI=1S/C46H49N/c1-45(2,3)35-29-36(46(4,5)6)31-37(30-35)47(42-28-16-20-32-19-10-11-23-38(32)42)43-27-13-12-24-40(43)41-26-15-22-34-21-14-25-39(44(34)41)33-17-8-7-9-18-33/h10-16,19-31,33H,7-9,17-18H2,1-6H3. The van der Waals surface area contributed by atoms with Crippen molar-refractivity contribution in [1.82, 2.24) is 0 Å². The van der Waals surface area contributed by atoms with Crippen LogP contribution < -0.4 is 4.90 Å². The van der Waals surface area contributed by atoms with Crippen LogP contribution in [0.4, 0.5) is 17.1 Å². The average molecular weight is 616 g/mol. The summed E-state index contributed by atoms with van der Waals surface area (Å²) in [6.07, 6.45) is 6.59. The van der Waals surface area contributed by atoms with Gasteiger partial charge in [-0.2, -0.15) is 0 Å². The van der Waals surface area contributed by atoms with E-state index in [1.54, 1.807) is 0 Å². The van der Waals surface area contributed by atoms with Crippen LogP contribution in [0.15, 0.2) is 121 Å². The van der Waals surface area contributed by atoms with E-state index in [2.05, 4.69) is 168 Å². The lowest BCUT2D eigenvalue weighted by Gasteiger charge is -2.33. The maximum Gasteiger partial charge on any atom is 0.0540 e. The minimum Gasteiger partial charge on any atom is -0.309 e. The van der Waals surface area contributed by atoms with Crippen molar-refractivity contribution in [3.63, 3.8) is 0 Å². The molecule has 0 radical (unpaired) electrons. The molecule has 0 amide bonds. The summed E-state index contributed by atoms with van der Waals surface area (Å²) in [4.78, 5) is 2.55. The Hall–Kier alpha value is -4.36. The van der Waals surface area contributed by atoms with Crippen LogP contribution in [-0.4, -0.2) is 0 Å². The zero-order valence-corrected chi connectivity index (χ0v) is 29.1. The van der Waals surface area contributed by atoms with Gasteiger partial charge in [0.2, 0.25) is 0 Å². The molecule has 0 atom stereocenters. The van der Waals surface area contributed by atoms with E-state index in [-0.39, 0.29) is 10.8 Å². The summed E-state index contributed by atoms with van der Waals surface area (Å²) in [5.41, 5.74) is 10.5. The molecule has 0 aliphatic heterocycles. The van der Waals surface area contributed by atoms with Crippen molar-refractivity contribution in [3.8, 4) is 11.1 Å². The Kier molecular flexibility index (Phi) is 8.21. The van der Waals surface area contributed by atoms with E-state index in [1.165, 1.54) is 98.5 Å². The van der Waals surface area contributed by atoms with Gasteiger partial charge >= 0.3 is 0 Å². The zero-order valence-electron chi connectivity index (χ0n) is 29.1. The van der Waals surface area contributed by atoms with Gasteiger partial charge in [-0.25, -0.2) is 0 Å². The number of fused-ring (bicyclic) bond motifs is 2. The van der Waals surface area contributed by atoms with Crippen molar-refractivity contribution in [2.45, 2.75) is 90.4 Å². The number of benzene rings is 6. The Morgan fingerprint density at radius 1 is 0.511 bits per heavy atom. The molecule has 6 aromatic rings. The van der Waals surface area contributed by atoms with E-state index >= 15 is 0 Å². The van der Waals surface area contributed by atoms with E-state index in [9.17, 15) is 0 Å². The van der Waals surface area contributed by atoms with E-state index in [0.717, 1.165) is 0 Å². The maximum atomic E-state index is 2.55. The molecule has 0 saturated heterocycles. The largest absolute Gasteiger partial charge is 0.309 e. The maximum absolute atomic E-state index is 2.55. The van der Waals surface area contributed by atoms with Gasteiger partial charge in [0.25, 0.3) is 0 Å². The zero-order chi connectivity index (χ0) is 32.8. The van der Waals surface area contributed by atoms with Gasteiger partial charge in [-0.05, 0) is 92.3 Å². The van der Waals surface area contributed by atoms with Gasteiger partial charge in [0.1, 0.15) is 0 Å². The first-order valence-corrected chi connectivity index (χ1v) is 17.6. The Morgan fingerprint density at radius 2 is 1.06 bits per heavy atom. The fraction of sp³-hybridized carbons (Fsp3) is 0.304. The van der Waals surface area contributed by atoms with Crippen LogP contribution in [0.1, 0.15) is 96.3 Å². The van der Waals surface area contributed by atoms with Gasteiger partial charge in [0, 0.05) is 16.6 Å². The molecule has 0 spiro atoms. The minimum absolute atomic E-state index is 0.00445. The van der Waals surface area contributed by atoms with Gasteiger partial charge < -0.3 is 4.90 Å². The first-order valence-electron chi connectivity index (χ1n) is 17.6. The normalized spacial score (nSPS) is 14.5. The lowest BCUT2D eigenvalue weighted by molar-refractivity contribution is 0.445. The summed E-state index contributed by atoms with van der Waals surface area (Å²) in [5.74, 6) is 0.618. The van der Waals surface area contributed by atoms with Gasteiger partial charge in [-0.3, -0.25) is 0 Å². The second-order valence-electron chi connectivity index (χ2n) is 15.7. The number of para-hydroxylation sites is 1. The van der Waals surface area contributed by atoms with Crippen LogP contribution in [0, 0.1) is 0 Å². The van der Waals surface area contributed by atoms with E-state index in [0.29, 0.717) is 5.92 Å². The molecule has 1 aliphatic carbocycles. The lowest BCUT2D eigenvalue weighted by atomic mass is 9.80. The van der Waals surface area contributed by atoms with E-state index in [4.69, 9.17) is 0 Å². The summed E-state index contributed by atoms with van der Waals surface area (Å²) in [6.45, 7) is 14.0. The topological polar surface area (TPSA) is 3.24 Å². The Bertz CT molecular complexity index is 2000. The number of hydrogen-bond acceptors (Lipinski definition) is 1. The minimum atomic E-state index is 0.00445. The molecule has 1 fully saturated rings. The van der Waals surface area contributed by atoms with Crippen molar-refractivity contribution in [2.24, 2.45) is 0 Å². The summed E-state index contributed by atoms with van der Waals surface area (Å²) in [7, 11) is 0. The van der Waals surface area contributed by atoms with Crippen molar-refractivity contribution < 1.29 is 0 Å². The molecule has 0 aromatic heterocycles. The molecule has 1 aliphatic rings. The van der Waals surface area contributed by atoms with Crippen LogP contribution in [0.2, 0.25) is 0 Å². The van der Waals surface area contributed by atoms with E-state index in [1.807, 2.05) is 0 Å². The Balaban J connectivity index is 1.54. The van der Waals surface area contributed by atoms with Gasteiger partial charge in [-0.1, -0.05) is 158 Å². The van der Waals surface area contributed by atoms with Crippen molar-refractivity contribution >= 4 is 38.6 Å². The molecule has 6 aromatic carbocycles. The second-order valence-corrected chi connectivity index (χ2v) is 15.7. The predicted molar refractivity (Wildman–Crippen MR) is 205 cm³/mol. The summed E-state index contributed by atoms with van der Waals surface area (Å²) in [5, 5.41) is 5.26. The number of rotatable bonds is 5. The number of nitrogens with zero attached hydrogens (tertiary/aromatic N) is 1. The molecule has 0 N–H and O–H groups in total. The summed E-state index contributed by atoms with van der Waals surface area (Å²) < 4.78 is 0. The van der Waals surface area contributed by atoms with Gasteiger partial charge in [-0.15, -0.1) is 0 Å². The number of anilines is 3. The third kappa shape index (κ3) is 6.09. The molecule has 0 bridgehead atoms. The molecule has 7 rings (SSSR count). The monoisotopic (exact) mass is 615 g/mol. The third-order valence-corrected chi connectivity index (χ3v) is 10.3. The summed E-state index contributed by atoms with van der Waals surface area (Å²) >= 11 is 0. The van der Waals surface area contributed by atoms with Crippen LogP contribution in [-0.2, 0) is 10.8 Å². The van der Waals surface area contributed by atoms with Crippen LogP contribution >= 0.6 is 0 Å². The molecule has 238 valence electrons. The second kappa shape index (κ2) is 12.3. The van der Waals surface area contributed by atoms with Gasteiger partial charge in [0.15, 0.2) is 0 Å². The lowest BCUT2D eigenvalue weighted by Crippen LogP contribution is -2.19. The predicted octanol–water partition coefficient (Wildman–Crippen LogP) is 13.8. The SMILES string of the molecule is CC(C)(C)c1cc(N(c2ccccc2-c2cccc3cccc(C4CCCCC4)c23)c2cccc3ccccc23)cc(C(C)(C)C)c1. The molecule has 1 heteroatoms. The molecular weight excluding hydrogens is 567 g/mol. The molecule has 0 heterocycles. The highest BCUT2D eigenvalue weighted by Gasteiger charge is 2.26. The first kappa shape index (κ1) is 31.3. The highest BCUT2D eigenvalue weighted by molar-refractivity contribution is 6.05. The van der Waals surface area contributed by atoms with Crippen molar-refractivity contribution in [2.75, 3.05) is 4.90 Å².